The van der Waals surface area contributed by atoms with E-state index in [2.05, 4.69) is 34.6 Å². The van der Waals surface area contributed by atoms with Crippen molar-refractivity contribution in [2.24, 2.45) is 0 Å². The third-order valence-corrected chi connectivity index (χ3v) is 8.11. The van der Waals surface area contributed by atoms with E-state index in [1.807, 2.05) is 18.2 Å². The van der Waals surface area contributed by atoms with E-state index in [0.29, 0.717) is 22.3 Å². The lowest BCUT2D eigenvalue weighted by Crippen LogP contribution is -2.28. The summed E-state index contributed by atoms with van der Waals surface area (Å²) in [6.45, 7) is 6.25. The molecule has 0 saturated carbocycles. The van der Waals surface area contributed by atoms with Gasteiger partial charge in [0.1, 0.15) is 0 Å². The minimum atomic E-state index is -3.25. The lowest BCUT2D eigenvalue weighted by molar-refractivity contribution is 0.251. The molecular formula is C27H31Cl2N3O3S. The zero-order valence-electron chi connectivity index (χ0n) is 20.4. The second-order valence-electron chi connectivity index (χ2n) is 8.47. The van der Waals surface area contributed by atoms with Gasteiger partial charge >= 0.3 is 6.03 Å². The van der Waals surface area contributed by atoms with Crippen LogP contribution in [0, 0.1) is 0 Å². The van der Waals surface area contributed by atoms with Crippen molar-refractivity contribution in [2.45, 2.75) is 44.8 Å². The van der Waals surface area contributed by atoms with Gasteiger partial charge in [0.25, 0.3) is 0 Å². The van der Waals surface area contributed by atoms with Crippen molar-refractivity contribution in [3.05, 3.63) is 93.5 Å². The first-order valence-corrected chi connectivity index (χ1v) is 14.2. The minimum Gasteiger partial charge on any atom is -0.334 e. The van der Waals surface area contributed by atoms with E-state index in [4.69, 9.17) is 23.2 Å². The van der Waals surface area contributed by atoms with Crippen LogP contribution in [0.5, 0.6) is 0 Å². The molecule has 3 rings (SSSR count). The molecule has 0 radical (unpaired) electrons. The molecule has 0 aromatic heterocycles. The van der Waals surface area contributed by atoms with Crippen LogP contribution in [-0.4, -0.2) is 31.6 Å². The summed E-state index contributed by atoms with van der Waals surface area (Å²) < 4.78 is 23.9. The highest BCUT2D eigenvalue weighted by Gasteiger charge is 2.15. The Kier molecular flexibility index (Phi) is 10.2. The number of nitrogens with one attached hydrogen (secondary N) is 2. The summed E-state index contributed by atoms with van der Waals surface area (Å²) in [6.07, 6.45) is 0.999. The summed E-state index contributed by atoms with van der Waals surface area (Å²) in [5.41, 5.74) is 3.30. The molecule has 0 aliphatic heterocycles. The molecule has 0 heterocycles. The maximum absolute atomic E-state index is 12.4. The summed E-state index contributed by atoms with van der Waals surface area (Å²) >= 11 is 13.1. The number of hydrogen-bond donors (Lipinski definition) is 2. The highest BCUT2D eigenvalue weighted by atomic mass is 35.5. The van der Waals surface area contributed by atoms with Gasteiger partial charge in [-0.15, -0.1) is 0 Å². The van der Waals surface area contributed by atoms with E-state index in [9.17, 15) is 13.2 Å². The van der Waals surface area contributed by atoms with Crippen LogP contribution < -0.4 is 10.6 Å². The van der Waals surface area contributed by atoms with Crippen LogP contribution in [-0.2, 0) is 29.5 Å². The van der Waals surface area contributed by atoms with Crippen LogP contribution in [0.1, 0.15) is 37.0 Å². The molecule has 0 fully saturated rings. The number of hydrogen-bond acceptors (Lipinski definition) is 4. The predicted molar refractivity (Wildman–Crippen MR) is 147 cm³/mol. The van der Waals surface area contributed by atoms with E-state index in [-0.39, 0.29) is 17.2 Å². The van der Waals surface area contributed by atoms with Crippen molar-refractivity contribution < 1.29 is 13.2 Å². The van der Waals surface area contributed by atoms with Gasteiger partial charge in [-0.1, -0.05) is 79.5 Å². The van der Waals surface area contributed by atoms with E-state index in [0.717, 1.165) is 30.6 Å². The van der Waals surface area contributed by atoms with Crippen molar-refractivity contribution >= 4 is 44.8 Å². The number of amides is 2. The van der Waals surface area contributed by atoms with Crippen molar-refractivity contribution in [2.75, 3.05) is 17.6 Å². The van der Waals surface area contributed by atoms with Gasteiger partial charge in [-0.05, 0) is 48.4 Å². The number of nitrogens with zero attached hydrogens (tertiary/aromatic N) is 1. The van der Waals surface area contributed by atoms with Gasteiger partial charge in [0.2, 0.25) is 0 Å². The van der Waals surface area contributed by atoms with Crippen molar-refractivity contribution in [1.82, 2.24) is 10.2 Å². The van der Waals surface area contributed by atoms with Crippen LogP contribution >= 0.6 is 23.2 Å². The van der Waals surface area contributed by atoms with Gasteiger partial charge in [0.05, 0.1) is 10.6 Å². The van der Waals surface area contributed by atoms with Crippen molar-refractivity contribution in [3.63, 3.8) is 0 Å². The average molecular weight is 549 g/mol. The topological polar surface area (TPSA) is 78.5 Å². The van der Waals surface area contributed by atoms with E-state index in [1.165, 1.54) is 5.56 Å². The first-order chi connectivity index (χ1) is 17.2. The number of benzene rings is 3. The van der Waals surface area contributed by atoms with Gasteiger partial charge in [-0.2, -0.15) is 0 Å². The fourth-order valence-corrected chi connectivity index (χ4v) is 5.25. The number of anilines is 1. The minimum absolute atomic E-state index is 0.0422. The lowest BCUT2D eigenvalue weighted by atomic mass is 10.1. The third-order valence-electron chi connectivity index (χ3n) is 5.69. The maximum Gasteiger partial charge on any atom is 0.319 e. The van der Waals surface area contributed by atoms with E-state index in [1.54, 1.807) is 43.3 Å². The number of carbonyl (C=O) groups is 1. The number of carbonyl (C=O) groups excluding carboxylic acids is 1. The van der Waals surface area contributed by atoms with E-state index >= 15 is 0 Å². The molecule has 0 aliphatic carbocycles. The molecule has 9 heteroatoms. The molecular weight excluding hydrogens is 517 g/mol. The molecule has 0 bridgehead atoms. The molecule has 2 N–H and O–H groups in total. The van der Waals surface area contributed by atoms with Gasteiger partial charge in [0.15, 0.2) is 9.84 Å². The molecule has 0 spiro atoms. The monoisotopic (exact) mass is 547 g/mol. The third kappa shape index (κ3) is 7.96. The van der Waals surface area contributed by atoms with Gasteiger partial charge in [-0.25, -0.2) is 13.2 Å². The van der Waals surface area contributed by atoms with Crippen LogP contribution in [0.25, 0.3) is 0 Å². The Morgan fingerprint density at radius 2 is 1.53 bits per heavy atom. The maximum atomic E-state index is 12.4. The second-order valence-corrected chi connectivity index (χ2v) is 11.6. The van der Waals surface area contributed by atoms with Crippen LogP contribution in [0.2, 0.25) is 10.0 Å². The van der Waals surface area contributed by atoms with Crippen LogP contribution in [0.15, 0.2) is 71.6 Å². The number of sulfone groups is 1. The molecule has 2 amide bonds. The molecule has 0 aliphatic rings. The highest BCUT2D eigenvalue weighted by molar-refractivity contribution is 7.91. The molecule has 36 heavy (non-hydrogen) atoms. The number of urea groups is 1. The summed E-state index contributed by atoms with van der Waals surface area (Å²) in [6, 6.07) is 19.7. The fourth-order valence-electron chi connectivity index (χ4n) is 3.76. The molecule has 192 valence electrons. The molecule has 3 aromatic rings. The SMILES string of the molecule is CCCN(Cc1ccccc1)Cc1c(Cl)cc(NC(=O)NCc2ccc(S(=O)(=O)CC)cc2)cc1Cl. The number of halogens is 2. The molecule has 3 aromatic carbocycles. The van der Waals surface area contributed by atoms with Gasteiger partial charge in [0, 0.05) is 40.9 Å². The van der Waals surface area contributed by atoms with Gasteiger partial charge in [-0.3, -0.25) is 4.90 Å². The largest absolute Gasteiger partial charge is 0.334 e. The average Bonchev–Trinajstić information content (AvgIpc) is 2.86. The Labute approximate surface area is 223 Å². The van der Waals surface area contributed by atoms with Crippen molar-refractivity contribution in [3.8, 4) is 0 Å². The Hall–Kier alpha value is -2.58. The smallest absolute Gasteiger partial charge is 0.319 e. The first kappa shape index (κ1) is 28.0. The Morgan fingerprint density at radius 3 is 2.11 bits per heavy atom. The quantitative estimate of drug-likeness (QED) is 0.286. The summed E-state index contributed by atoms with van der Waals surface area (Å²) in [4.78, 5) is 15.0. The summed E-state index contributed by atoms with van der Waals surface area (Å²) in [7, 11) is -3.25. The Morgan fingerprint density at radius 1 is 0.889 bits per heavy atom. The Bertz CT molecular complexity index is 1240. The first-order valence-electron chi connectivity index (χ1n) is 11.8. The predicted octanol–water partition coefficient (Wildman–Crippen LogP) is 6.52. The molecule has 0 unspecified atom stereocenters. The summed E-state index contributed by atoms with van der Waals surface area (Å²) in [5.74, 6) is 0.0422. The standard InChI is InChI=1S/C27H31Cl2N3O3S/c1-3-14-32(18-21-8-6-5-7-9-21)19-24-25(28)15-22(16-26(24)29)31-27(33)30-17-20-10-12-23(13-11-20)36(34,35)4-2/h5-13,15-16H,3-4,14,17-19H2,1-2H3,(H2,30,31,33). The Balaban J connectivity index is 1.60. The van der Waals surface area contributed by atoms with Crippen molar-refractivity contribution in [1.29, 1.82) is 0 Å². The van der Waals surface area contributed by atoms with Gasteiger partial charge < -0.3 is 10.6 Å². The fraction of sp³-hybridized carbons (Fsp3) is 0.296. The zero-order valence-corrected chi connectivity index (χ0v) is 22.8. The highest BCUT2D eigenvalue weighted by Crippen LogP contribution is 2.31. The normalized spacial score (nSPS) is 11.5. The van der Waals surface area contributed by atoms with Crippen LogP contribution in [0.3, 0.4) is 0 Å². The molecule has 0 atom stereocenters. The lowest BCUT2D eigenvalue weighted by Gasteiger charge is -2.23. The molecule has 0 saturated heterocycles. The zero-order chi connectivity index (χ0) is 26.1. The number of rotatable bonds is 11. The summed E-state index contributed by atoms with van der Waals surface area (Å²) in [5, 5.41) is 6.48. The van der Waals surface area contributed by atoms with Crippen LogP contribution in [0.4, 0.5) is 10.5 Å². The van der Waals surface area contributed by atoms with E-state index < -0.39 is 15.9 Å². The molecule has 6 nitrogen and oxygen atoms in total. The second kappa shape index (κ2) is 13.1.